The molecule has 0 saturated heterocycles. The first-order valence-corrected chi connectivity index (χ1v) is 10.7. The number of anilines is 1. The zero-order valence-corrected chi connectivity index (χ0v) is 19.1. The number of carbonyl (C=O) groups is 2. The zero-order chi connectivity index (χ0) is 25.3. The Balaban J connectivity index is 1.54. The molecule has 0 atom stereocenters. The number of halogens is 3. The van der Waals surface area contributed by atoms with Gasteiger partial charge in [-0.3, -0.25) is 4.79 Å². The Kier molecular flexibility index (Phi) is 6.34. The summed E-state index contributed by atoms with van der Waals surface area (Å²) >= 11 is 0. The number of amides is 1. The third-order valence-corrected chi connectivity index (χ3v) is 5.14. The Labute approximate surface area is 199 Å². The molecule has 0 radical (unpaired) electrons. The van der Waals surface area contributed by atoms with Crippen LogP contribution in [0.3, 0.4) is 0 Å². The quantitative estimate of drug-likeness (QED) is 0.314. The minimum absolute atomic E-state index is 0.0174. The van der Waals surface area contributed by atoms with Crippen molar-refractivity contribution in [1.29, 1.82) is 0 Å². The summed E-state index contributed by atoms with van der Waals surface area (Å²) in [6.45, 7) is 5.13. The van der Waals surface area contributed by atoms with Crippen LogP contribution >= 0.6 is 0 Å². The molecule has 35 heavy (non-hydrogen) atoms. The molecule has 1 aliphatic heterocycles. The summed E-state index contributed by atoms with van der Waals surface area (Å²) in [7, 11) is 0. The van der Waals surface area contributed by atoms with Gasteiger partial charge in [-0.2, -0.15) is 23.3 Å². The summed E-state index contributed by atoms with van der Waals surface area (Å²) in [6, 6.07) is 14.5. The molecule has 0 saturated carbocycles. The van der Waals surface area contributed by atoms with Gasteiger partial charge in [0.1, 0.15) is 11.5 Å². The predicted molar refractivity (Wildman–Crippen MR) is 125 cm³/mol. The number of rotatable bonds is 5. The van der Waals surface area contributed by atoms with Crippen LogP contribution in [0.15, 0.2) is 75.8 Å². The van der Waals surface area contributed by atoms with E-state index in [1.165, 1.54) is 18.2 Å². The lowest BCUT2D eigenvalue weighted by atomic mass is 10.1. The number of hydrogen-bond donors (Lipinski definition) is 0. The normalized spacial score (nSPS) is 15.2. The maximum absolute atomic E-state index is 13.1. The predicted octanol–water partition coefficient (Wildman–Crippen LogP) is 6.34. The van der Waals surface area contributed by atoms with Crippen LogP contribution in [0, 0.1) is 0 Å². The van der Waals surface area contributed by atoms with Crippen molar-refractivity contribution in [3.05, 3.63) is 83.1 Å². The largest absolute Gasteiger partial charge is 0.459 e. The van der Waals surface area contributed by atoms with Crippen LogP contribution in [-0.4, -0.2) is 23.7 Å². The average molecular weight is 482 g/mol. The number of esters is 1. The van der Waals surface area contributed by atoms with E-state index in [4.69, 9.17) is 9.15 Å². The van der Waals surface area contributed by atoms with Crippen molar-refractivity contribution in [3.63, 3.8) is 0 Å². The molecule has 9 heteroatoms. The van der Waals surface area contributed by atoms with Gasteiger partial charge in [-0.25, -0.2) is 4.79 Å². The van der Waals surface area contributed by atoms with Crippen LogP contribution in [0.5, 0.6) is 0 Å². The van der Waals surface area contributed by atoms with Gasteiger partial charge in [-0.05, 0) is 69.3 Å². The third-order valence-electron chi connectivity index (χ3n) is 5.14. The highest BCUT2D eigenvalue weighted by atomic mass is 19.4. The van der Waals surface area contributed by atoms with Gasteiger partial charge >= 0.3 is 12.1 Å². The Hall–Kier alpha value is -4.14. The number of alkyl halides is 3. The Morgan fingerprint density at radius 3 is 2.46 bits per heavy atom. The van der Waals surface area contributed by atoms with Gasteiger partial charge in [0.15, 0.2) is 0 Å². The lowest BCUT2D eigenvalue weighted by Gasteiger charge is -2.14. The van der Waals surface area contributed by atoms with Crippen molar-refractivity contribution in [3.8, 4) is 11.3 Å². The Morgan fingerprint density at radius 2 is 1.80 bits per heavy atom. The van der Waals surface area contributed by atoms with Crippen LogP contribution in [0.2, 0.25) is 0 Å². The highest BCUT2D eigenvalue weighted by Crippen LogP contribution is 2.33. The van der Waals surface area contributed by atoms with E-state index in [1.54, 1.807) is 57.2 Å². The molecule has 0 aliphatic carbocycles. The third kappa shape index (κ3) is 5.18. The molecule has 2 aromatic carbocycles. The van der Waals surface area contributed by atoms with Gasteiger partial charge in [-0.1, -0.05) is 18.2 Å². The fourth-order valence-electron chi connectivity index (χ4n) is 3.45. The molecule has 0 spiro atoms. The Morgan fingerprint density at radius 1 is 1.09 bits per heavy atom. The SMILES string of the molecule is CC1=NN(c2cccc(C(F)(F)F)c2)C(=O)C1=Cc1ccc(-c2ccc(C(=O)OC(C)C)cc2)o1. The number of carbonyl (C=O) groups excluding carboxylic acids is 2. The fraction of sp³-hybridized carbons (Fsp3) is 0.192. The lowest BCUT2D eigenvalue weighted by molar-refractivity contribution is -0.137. The van der Waals surface area contributed by atoms with Gasteiger partial charge in [0, 0.05) is 5.56 Å². The monoisotopic (exact) mass is 482 g/mol. The molecular formula is C26H21F3N2O4. The molecule has 4 rings (SSSR count). The maximum Gasteiger partial charge on any atom is 0.416 e. The minimum atomic E-state index is -4.53. The van der Waals surface area contributed by atoms with Gasteiger partial charge in [0.2, 0.25) is 0 Å². The first-order valence-electron chi connectivity index (χ1n) is 10.7. The number of hydrazone groups is 1. The summed E-state index contributed by atoms with van der Waals surface area (Å²) < 4.78 is 50.2. The molecule has 1 aliphatic rings. The second-order valence-corrected chi connectivity index (χ2v) is 8.14. The van der Waals surface area contributed by atoms with Crippen molar-refractivity contribution in [2.45, 2.75) is 33.1 Å². The number of furan rings is 1. The summed E-state index contributed by atoms with van der Waals surface area (Å²) in [6.07, 6.45) is -3.27. The first-order chi connectivity index (χ1) is 16.5. The minimum Gasteiger partial charge on any atom is -0.459 e. The van der Waals surface area contributed by atoms with Gasteiger partial charge in [0.05, 0.1) is 34.2 Å². The van der Waals surface area contributed by atoms with E-state index in [0.717, 1.165) is 17.1 Å². The van der Waals surface area contributed by atoms with E-state index in [1.807, 2.05) is 0 Å². The molecule has 1 aromatic heterocycles. The molecular weight excluding hydrogens is 461 g/mol. The van der Waals surface area contributed by atoms with Crippen molar-refractivity contribution in [2.24, 2.45) is 5.10 Å². The van der Waals surface area contributed by atoms with Gasteiger partial charge in [-0.15, -0.1) is 0 Å². The molecule has 2 heterocycles. The standard InChI is InChI=1S/C26H21F3N2O4/c1-15(2)34-25(33)18-9-7-17(8-10-18)23-12-11-21(35-23)14-22-16(3)30-31(24(22)32)20-6-4-5-19(13-20)26(27,28)29/h4-15H,1-3H3. The van der Waals surface area contributed by atoms with Crippen LogP contribution in [0.25, 0.3) is 17.4 Å². The van der Waals surface area contributed by atoms with E-state index in [0.29, 0.717) is 28.4 Å². The topological polar surface area (TPSA) is 72.1 Å². The Bertz CT molecular complexity index is 1340. The number of ether oxygens (including phenoxy) is 1. The highest BCUT2D eigenvalue weighted by Gasteiger charge is 2.33. The molecule has 0 bridgehead atoms. The molecule has 1 amide bonds. The second-order valence-electron chi connectivity index (χ2n) is 8.14. The first kappa shape index (κ1) is 24.0. The molecule has 3 aromatic rings. The molecule has 180 valence electrons. The van der Waals surface area contributed by atoms with Crippen LogP contribution < -0.4 is 5.01 Å². The van der Waals surface area contributed by atoms with E-state index < -0.39 is 23.6 Å². The van der Waals surface area contributed by atoms with Crippen molar-refractivity contribution >= 4 is 29.4 Å². The van der Waals surface area contributed by atoms with Crippen LogP contribution in [-0.2, 0) is 15.7 Å². The number of benzene rings is 2. The smallest absolute Gasteiger partial charge is 0.416 e. The number of hydrogen-bond acceptors (Lipinski definition) is 5. The van der Waals surface area contributed by atoms with E-state index in [-0.39, 0.29) is 17.4 Å². The zero-order valence-electron chi connectivity index (χ0n) is 19.1. The second kappa shape index (κ2) is 9.25. The van der Waals surface area contributed by atoms with Crippen molar-refractivity contribution < 1.29 is 31.9 Å². The maximum atomic E-state index is 13.1. The fourth-order valence-corrected chi connectivity index (χ4v) is 3.45. The van der Waals surface area contributed by atoms with E-state index in [9.17, 15) is 22.8 Å². The van der Waals surface area contributed by atoms with Crippen LogP contribution in [0.4, 0.5) is 18.9 Å². The van der Waals surface area contributed by atoms with Crippen molar-refractivity contribution in [1.82, 2.24) is 0 Å². The summed E-state index contributed by atoms with van der Waals surface area (Å²) in [5.74, 6) is -0.105. The van der Waals surface area contributed by atoms with Gasteiger partial charge < -0.3 is 9.15 Å². The molecule has 6 nitrogen and oxygen atoms in total. The van der Waals surface area contributed by atoms with Crippen molar-refractivity contribution in [2.75, 3.05) is 5.01 Å². The molecule has 0 unspecified atom stereocenters. The summed E-state index contributed by atoms with van der Waals surface area (Å²) in [4.78, 5) is 24.9. The molecule has 0 fully saturated rings. The number of nitrogens with zero attached hydrogens (tertiary/aromatic N) is 2. The summed E-state index contributed by atoms with van der Waals surface area (Å²) in [5, 5.41) is 5.07. The average Bonchev–Trinajstić information content (AvgIpc) is 3.38. The van der Waals surface area contributed by atoms with Gasteiger partial charge in [0.25, 0.3) is 5.91 Å². The summed E-state index contributed by atoms with van der Waals surface area (Å²) in [5.41, 5.74) is 0.823. The van der Waals surface area contributed by atoms with E-state index >= 15 is 0 Å². The van der Waals surface area contributed by atoms with Crippen LogP contribution in [0.1, 0.15) is 42.5 Å². The molecule has 0 N–H and O–H groups in total. The highest BCUT2D eigenvalue weighted by molar-refractivity contribution is 6.32. The van der Waals surface area contributed by atoms with E-state index in [2.05, 4.69) is 5.10 Å². The lowest BCUT2D eigenvalue weighted by Crippen LogP contribution is -2.21.